The van der Waals surface area contributed by atoms with E-state index in [4.69, 9.17) is 9.26 Å². The minimum atomic E-state index is -2.29. The highest BCUT2D eigenvalue weighted by Crippen LogP contribution is 2.44. The lowest BCUT2D eigenvalue weighted by Gasteiger charge is -2.06. The highest BCUT2D eigenvalue weighted by molar-refractivity contribution is 7.58. The topological polar surface area (TPSA) is 38.8 Å². The minimum absolute atomic E-state index is 0.209. The molecule has 0 aromatic carbocycles. The standard InChI is InChI=1S/C5H11O3P/c1-7-9(2,6)4-5-3-8-5/h5H,3-4H2,1-2H3. The predicted octanol–water partition coefficient (Wildman–Crippen LogP) is 0.939. The number of epoxide rings is 1. The summed E-state index contributed by atoms with van der Waals surface area (Å²) in [5, 5.41) is 0. The monoisotopic (exact) mass is 150 g/mol. The highest BCUT2D eigenvalue weighted by Gasteiger charge is 2.30. The van der Waals surface area contributed by atoms with Gasteiger partial charge in [-0.15, -0.1) is 0 Å². The zero-order chi connectivity index (χ0) is 6.91. The molecule has 1 fully saturated rings. The fraction of sp³-hybridized carbons (Fsp3) is 1.00. The lowest BCUT2D eigenvalue weighted by molar-refractivity contribution is 0.381. The molecule has 54 valence electrons. The lowest BCUT2D eigenvalue weighted by atomic mass is 10.6. The lowest BCUT2D eigenvalue weighted by Crippen LogP contribution is -1.96. The second-order valence-electron chi connectivity index (χ2n) is 2.33. The summed E-state index contributed by atoms with van der Waals surface area (Å²) in [6.07, 6.45) is 0.782. The van der Waals surface area contributed by atoms with E-state index in [0.717, 1.165) is 6.61 Å². The summed E-state index contributed by atoms with van der Waals surface area (Å²) in [7, 11) is -0.817. The Morgan fingerprint density at radius 3 is 2.78 bits per heavy atom. The molecule has 1 rings (SSSR count). The first-order chi connectivity index (χ1) is 4.14. The van der Waals surface area contributed by atoms with Crippen LogP contribution in [0.3, 0.4) is 0 Å². The van der Waals surface area contributed by atoms with Crippen LogP contribution in [-0.4, -0.2) is 32.6 Å². The molecule has 4 heteroatoms. The molecular weight excluding hydrogens is 139 g/mol. The Balaban J connectivity index is 2.30. The molecule has 0 N–H and O–H groups in total. The molecule has 9 heavy (non-hydrogen) atoms. The van der Waals surface area contributed by atoms with Crippen LogP contribution >= 0.6 is 7.37 Å². The SMILES string of the molecule is COP(C)(=O)CC1CO1. The third-order valence-electron chi connectivity index (χ3n) is 1.32. The van der Waals surface area contributed by atoms with Gasteiger partial charge in [0.2, 0.25) is 7.37 Å². The molecular formula is C5H11O3P. The fourth-order valence-corrected chi connectivity index (χ4v) is 1.72. The van der Waals surface area contributed by atoms with Crippen molar-refractivity contribution in [3.63, 3.8) is 0 Å². The van der Waals surface area contributed by atoms with Gasteiger partial charge in [0.25, 0.3) is 0 Å². The Labute approximate surface area is 54.8 Å². The molecule has 0 radical (unpaired) electrons. The fourth-order valence-electron chi connectivity index (χ4n) is 0.618. The van der Waals surface area contributed by atoms with Crippen LogP contribution in [0.5, 0.6) is 0 Å². The van der Waals surface area contributed by atoms with E-state index in [1.54, 1.807) is 6.66 Å². The van der Waals surface area contributed by atoms with E-state index in [1.165, 1.54) is 7.11 Å². The summed E-state index contributed by atoms with van der Waals surface area (Å²) >= 11 is 0. The molecule has 0 saturated carbocycles. The van der Waals surface area contributed by atoms with Crippen LogP contribution in [0.15, 0.2) is 0 Å². The third-order valence-corrected chi connectivity index (χ3v) is 3.17. The molecule has 1 aliphatic heterocycles. The smallest absolute Gasteiger partial charge is 0.202 e. The highest BCUT2D eigenvalue weighted by atomic mass is 31.2. The molecule has 0 spiro atoms. The van der Waals surface area contributed by atoms with Crippen molar-refractivity contribution in [1.29, 1.82) is 0 Å². The van der Waals surface area contributed by atoms with Crippen molar-refractivity contribution >= 4 is 7.37 Å². The molecule has 2 atom stereocenters. The van der Waals surface area contributed by atoms with E-state index < -0.39 is 7.37 Å². The predicted molar refractivity (Wildman–Crippen MR) is 35.1 cm³/mol. The number of rotatable bonds is 3. The van der Waals surface area contributed by atoms with Gasteiger partial charge in [-0.1, -0.05) is 0 Å². The number of hydrogen-bond donors (Lipinski definition) is 0. The third kappa shape index (κ3) is 2.48. The van der Waals surface area contributed by atoms with Crippen molar-refractivity contribution < 1.29 is 13.8 Å². The Morgan fingerprint density at radius 2 is 2.44 bits per heavy atom. The van der Waals surface area contributed by atoms with Crippen molar-refractivity contribution in [2.45, 2.75) is 6.10 Å². The van der Waals surface area contributed by atoms with Crippen molar-refractivity contribution in [2.24, 2.45) is 0 Å². The molecule has 1 aliphatic rings. The molecule has 0 amide bonds. The molecule has 0 aromatic rings. The minimum Gasteiger partial charge on any atom is -0.373 e. The molecule has 0 aliphatic carbocycles. The van der Waals surface area contributed by atoms with Gasteiger partial charge in [0.1, 0.15) is 0 Å². The van der Waals surface area contributed by atoms with Gasteiger partial charge < -0.3 is 9.26 Å². The summed E-state index contributed by atoms with van der Waals surface area (Å²) in [5.74, 6) is 0. The quantitative estimate of drug-likeness (QED) is 0.444. The summed E-state index contributed by atoms with van der Waals surface area (Å²) in [6.45, 7) is 2.38. The summed E-state index contributed by atoms with van der Waals surface area (Å²) < 4.78 is 20.8. The molecule has 0 aromatic heterocycles. The Bertz CT molecular complexity index is 141. The Hall–Kier alpha value is 0.150. The van der Waals surface area contributed by atoms with Crippen LogP contribution in [0.1, 0.15) is 0 Å². The van der Waals surface area contributed by atoms with Gasteiger partial charge in [-0.25, -0.2) is 0 Å². The van der Waals surface area contributed by atoms with Gasteiger partial charge in [0.05, 0.1) is 18.9 Å². The molecule has 2 unspecified atom stereocenters. The number of ether oxygens (including phenoxy) is 1. The van der Waals surface area contributed by atoms with Gasteiger partial charge in [-0.05, 0) is 0 Å². The summed E-state index contributed by atoms with van der Waals surface area (Å²) in [5.41, 5.74) is 0. The van der Waals surface area contributed by atoms with Gasteiger partial charge in [-0.3, -0.25) is 4.57 Å². The summed E-state index contributed by atoms with van der Waals surface area (Å²) in [6, 6.07) is 0. The van der Waals surface area contributed by atoms with Gasteiger partial charge in [0.15, 0.2) is 0 Å². The Kier molecular flexibility index (Phi) is 1.94. The first kappa shape index (κ1) is 7.26. The zero-order valence-electron chi connectivity index (χ0n) is 5.66. The molecule has 1 saturated heterocycles. The van der Waals surface area contributed by atoms with Crippen molar-refractivity contribution in [3.8, 4) is 0 Å². The maximum atomic E-state index is 11.1. The van der Waals surface area contributed by atoms with Crippen molar-refractivity contribution in [1.82, 2.24) is 0 Å². The average molecular weight is 150 g/mol. The molecule has 1 heterocycles. The van der Waals surface area contributed by atoms with Crippen molar-refractivity contribution in [3.05, 3.63) is 0 Å². The first-order valence-corrected chi connectivity index (χ1v) is 5.13. The molecule has 3 nitrogen and oxygen atoms in total. The average Bonchev–Trinajstić information content (AvgIpc) is 2.50. The van der Waals surface area contributed by atoms with Crippen LogP contribution < -0.4 is 0 Å². The van der Waals surface area contributed by atoms with E-state index in [0.29, 0.717) is 6.16 Å². The van der Waals surface area contributed by atoms with Crippen LogP contribution in [0, 0.1) is 0 Å². The van der Waals surface area contributed by atoms with Crippen LogP contribution in [0.2, 0.25) is 0 Å². The van der Waals surface area contributed by atoms with Gasteiger partial charge in [0, 0.05) is 13.8 Å². The van der Waals surface area contributed by atoms with E-state index >= 15 is 0 Å². The largest absolute Gasteiger partial charge is 0.373 e. The van der Waals surface area contributed by atoms with E-state index in [2.05, 4.69) is 0 Å². The van der Waals surface area contributed by atoms with Crippen LogP contribution in [0.4, 0.5) is 0 Å². The Morgan fingerprint density at radius 1 is 1.89 bits per heavy atom. The second kappa shape index (κ2) is 2.41. The maximum absolute atomic E-state index is 11.1. The van der Waals surface area contributed by atoms with Crippen molar-refractivity contribution in [2.75, 3.05) is 26.5 Å². The van der Waals surface area contributed by atoms with E-state index in [1.807, 2.05) is 0 Å². The van der Waals surface area contributed by atoms with Gasteiger partial charge in [-0.2, -0.15) is 0 Å². The van der Waals surface area contributed by atoms with Gasteiger partial charge >= 0.3 is 0 Å². The van der Waals surface area contributed by atoms with E-state index in [9.17, 15) is 4.57 Å². The van der Waals surface area contributed by atoms with E-state index in [-0.39, 0.29) is 6.10 Å². The normalized spacial score (nSPS) is 31.6. The zero-order valence-corrected chi connectivity index (χ0v) is 6.56. The number of hydrogen-bond acceptors (Lipinski definition) is 3. The van der Waals surface area contributed by atoms with Crippen LogP contribution in [0.25, 0.3) is 0 Å². The first-order valence-electron chi connectivity index (χ1n) is 2.88. The van der Waals surface area contributed by atoms with Crippen LogP contribution in [-0.2, 0) is 13.8 Å². The maximum Gasteiger partial charge on any atom is 0.202 e. The summed E-state index contributed by atoms with van der Waals surface area (Å²) in [4.78, 5) is 0. The second-order valence-corrected chi connectivity index (χ2v) is 5.09. The molecule has 0 bridgehead atoms.